The molecule has 1 aliphatic rings. The van der Waals surface area contributed by atoms with Crippen molar-refractivity contribution in [3.8, 4) is 5.75 Å². The fourth-order valence-electron chi connectivity index (χ4n) is 1.67. The average molecular weight is 205 g/mol. The second-order valence-electron chi connectivity index (χ2n) is 5.00. The van der Waals surface area contributed by atoms with E-state index in [4.69, 9.17) is 0 Å². The molecule has 0 aromatic heterocycles. The Morgan fingerprint density at radius 3 is 2.47 bits per heavy atom. The lowest BCUT2D eigenvalue weighted by Gasteiger charge is -2.17. The Morgan fingerprint density at radius 2 is 1.93 bits per heavy atom. The number of phenols is 1. The molecule has 82 valence electrons. The summed E-state index contributed by atoms with van der Waals surface area (Å²) in [5.74, 6) is 0.333. The van der Waals surface area contributed by atoms with Gasteiger partial charge in [-0.2, -0.15) is 0 Å². The maximum absolute atomic E-state index is 9.19. The summed E-state index contributed by atoms with van der Waals surface area (Å²) in [4.78, 5) is 0. The average Bonchev–Trinajstić information content (AvgIpc) is 2.95. The van der Waals surface area contributed by atoms with Crippen molar-refractivity contribution < 1.29 is 5.11 Å². The molecule has 2 heteroatoms. The van der Waals surface area contributed by atoms with Gasteiger partial charge in [0.15, 0.2) is 0 Å². The van der Waals surface area contributed by atoms with Gasteiger partial charge in [-0.25, -0.2) is 0 Å². The highest BCUT2D eigenvalue weighted by Crippen LogP contribution is 2.44. The molecule has 0 aliphatic heterocycles. The van der Waals surface area contributed by atoms with E-state index in [1.165, 1.54) is 18.4 Å². The molecule has 0 saturated heterocycles. The Morgan fingerprint density at radius 1 is 1.33 bits per heavy atom. The molecule has 0 bridgehead atoms. The van der Waals surface area contributed by atoms with Gasteiger partial charge in [0, 0.05) is 12.6 Å². The van der Waals surface area contributed by atoms with Crippen LogP contribution in [-0.4, -0.2) is 11.7 Å². The van der Waals surface area contributed by atoms with Crippen molar-refractivity contribution in [2.24, 2.45) is 5.41 Å². The molecule has 0 spiro atoms. The highest BCUT2D eigenvalue weighted by Gasteiger charge is 2.36. The molecule has 2 rings (SSSR count). The van der Waals surface area contributed by atoms with Crippen molar-refractivity contribution in [2.75, 3.05) is 6.54 Å². The largest absolute Gasteiger partial charge is 0.508 e. The van der Waals surface area contributed by atoms with E-state index in [2.05, 4.69) is 19.2 Å². The van der Waals surface area contributed by atoms with Crippen LogP contribution >= 0.6 is 0 Å². The van der Waals surface area contributed by atoms with E-state index in [1.54, 1.807) is 12.1 Å². The fourth-order valence-corrected chi connectivity index (χ4v) is 1.67. The van der Waals surface area contributed by atoms with Crippen molar-refractivity contribution in [3.63, 3.8) is 0 Å². The zero-order valence-corrected chi connectivity index (χ0v) is 9.46. The topological polar surface area (TPSA) is 32.3 Å². The van der Waals surface area contributed by atoms with Crippen LogP contribution in [0.15, 0.2) is 24.3 Å². The first-order valence-electron chi connectivity index (χ1n) is 5.61. The maximum Gasteiger partial charge on any atom is 0.115 e. The van der Waals surface area contributed by atoms with Crippen LogP contribution in [0.25, 0.3) is 0 Å². The Hall–Kier alpha value is -1.02. The molecule has 1 aliphatic carbocycles. The number of benzene rings is 1. The van der Waals surface area contributed by atoms with Crippen molar-refractivity contribution >= 4 is 0 Å². The van der Waals surface area contributed by atoms with Gasteiger partial charge in [-0.3, -0.25) is 0 Å². The normalized spacial score (nSPS) is 19.9. The van der Waals surface area contributed by atoms with Crippen LogP contribution in [0.2, 0.25) is 0 Å². The number of rotatable bonds is 4. The lowest BCUT2D eigenvalue weighted by atomic mass is 10.1. The second kappa shape index (κ2) is 3.86. The number of nitrogens with one attached hydrogen (secondary N) is 1. The Balaban J connectivity index is 1.89. The first-order valence-corrected chi connectivity index (χ1v) is 5.61. The van der Waals surface area contributed by atoms with Crippen molar-refractivity contribution in [2.45, 2.75) is 32.7 Å². The minimum atomic E-state index is 0.333. The monoisotopic (exact) mass is 205 g/mol. The number of phenolic OH excluding ortho intramolecular Hbond substituents is 1. The summed E-state index contributed by atoms with van der Waals surface area (Å²) in [6.45, 7) is 5.58. The molecular weight excluding hydrogens is 186 g/mol. The summed E-state index contributed by atoms with van der Waals surface area (Å²) in [5.41, 5.74) is 1.78. The Kier molecular flexibility index (Phi) is 2.70. The molecule has 0 heterocycles. The highest BCUT2D eigenvalue weighted by atomic mass is 16.3. The lowest BCUT2D eigenvalue weighted by molar-refractivity contribution is 0.455. The van der Waals surface area contributed by atoms with E-state index in [1.807, 2.05) is 12.1 Å². The Labute approximate surface area is 91.3 Å². The van der Waals surface area contributed by atoms with Gasteiger partial charge < -0.3 is 10.4 Å². The molecule has 1 aromatic carbocycles. The van der Waals surface area contributed by atoms with Gasteiger partial charge in [0.05, 0.1) is 0 Å². The smallest absolute Gasteiger partial charge is 0.115 e. The van der Waals surface area contributed by atoms with E-state index in [0.29, 0.717) is 17.2 Å². The van der Waals surface area contributed by atoms with Crippen LogP contribution in [0.1, 0.15) is 38.3 Å². The maximum atomic E-state index is 9.19. The zero-order chi connectivity index (χ0) is 10.9. The molecule has 1 unspecified atom stereocenters. The van der Waals surface area contributed by atoms with Crippen molar-refractivity contribution in [3.05, 3.63) is 29.8 Å². The predicted molar refractivity (Wildman–Crippen MR) is 61.9 cm³/mol. The summed E-state index contributed by atoms with van der Waals surface area (Å²) in [6, 6.07) is 7.80. The Bertz CT molecular complexity index is 327. The van der Waals surface area contributed by atoms with E-state index in [-0.39, 0.29) is 0 Å². The quantitative estimate of drug-likeness (QED) is 0.792. The number of hydrogen-bond acceptors (Lipinski definition) is 2. The van der Waals surface area contributed by atoms with Gasteiger partial charge in [0.25, 0.3) is 0 Å². The van der Waals surface area contributed by atoms with Crippen molar-refractivity contribution in [1.82, 2.24) is 5.32 Å². The zero-order valence-electron chi connectivity index (χ0n) is 9.46. The third kappa shape index (κ3) is 2.72. The molecule has 0 radical (unpaired) electrons. The van der Waals surface area contributed by atoms with Gasteiger partial charge in [0.1, 0.15) is 5.75 Å². The molecule has 1 fully saturated rings. The van der Waals surface area contributed by atoms with E-state index < -0.39 is 0 Å². The minimum Gasteiger partial charge on any atom is -0.508 e. The summed E-state index contributed by atoms with van der Waals surface area (Å²) in [7, 11) is 0. The molecule has 1 saturated carbocycles. The van der Waals surface area contributed by atoms with E-state index in [9.17, 15) is 5.11 Å². The molecular formula is C13H19NO. The third-order valence-corrected chi connectivity index (χ3v) is 3.33. The van der Waals surface area contributed by atoms with Crippen molar-refractivity contribution in [1.29, 1.82) is 0 Å². The fraction of sp³-hybridized carbons (Fsp3) is 0.538. The number of aromatic hydroxyl groups is 1. The van der Waals surface area contributed by atoms with E-state index in [0.717, 1.165) is 6.54 Å². The van der Waals surface area contributed by atoms with Crippen LogP contribution in [0.4, 0.5) is 0 Å². The van der Waals surface area contributed by atoms with Gasteiger partial charge in [0.2, 0.25) is 0 Å². The first kappa shape index (κ1) is 10.5. The number of hydrogen-bond donors (Lipinski definition) is 2. The molecule has 1 aromatic rings. The first-order chi connectivity index (χ1) is 7.09. The third-order valence-electron chi connectivity index (χ3n) is 3.33. The summed E-state index contributed by atoms with van der Waals surface area (Å²) >= 11 is 0. The van der Waals surface area contributed by atoms with Gasteiger partial charge in [-0.1, -0.05) is 19.1 Å². The standard InChI is InChI=1S/C13H19NO/c1-10(14-9-13(2)7-8-13)11-3-5-12(15)6-4-11/h3-6,10,14-15H,7-9H2,1-2H3. The second-order valence-corrected chi connectivity index (χ2v) is 5.00. The van der Waals surface area contributed by atoms with E-state index >= 15 is 0 Å². The molecule has 2 nitrogen and oxygen atoms in total. The van der Waals surface area contributed by atoms with Gasteiger partial charge >= 0.3 is 0 Å². The van der Waals surface area contributed by atoms with Gasteiger partial charge in [-0.15, -0.1) is 0 Å². The molecule has 15 heavy (non-hydrogen) atoms. The SMILES string of the molecule is CC(NCC1(C)CC1)c1ccc(O)cc1. The van der Waals surface area contributed by atoms with Crippen LogP contribution < -0.4 is 5.32 Å². The highest BCUT2D eigenvalue weighted by molar-refractivity contribution is 5.27. The molecule has 0 amide bonds. The lowest BCUT2D eigenvalue weighted by Crippen LogP contribution is -2.25. The summed E-state index contributed by atoms with van der Waals surface area (Å²) < 4.78 is 0. The van der Waals surface area contributed by atoms with Gasteiger partial charge in [-0.05, 0) is 42.9 Å². The summed E-state index contributed by atoms with van der Waals surface area (Å²) in [5, 5.41) is 12.7. The predicted octanol–water partition coefficient (Wildman–Crippen LogP) is 2.84. The summed E-state index contributed by atoms with van der Waals surface area (Å²) in [6.07, 6.45) is 2.70. The van der Waals surface area contributed by atoms with Crippen LogP contribution in [-0.2, 0) is 0 Å². The minimum absolute atomic E-state index is 0.333. The molecule has 2 N–H and O–H groups in total. The van der Waals surface area contributed by atoms with Crippen LogP contribution in [0.5, 0.6) is 5.75 Å². The van der Waals surface area contributed by atoms with Crippen LogP contribution in [0.3, 0.4) is 0 Å². The molecule has 1 atom stereocenters. The van der Waals surface area contributed by atoms with Crippen LogP contribution in [0, 0.1) is 5.41 Å².